The summed E-state index contributed by atoms with van der Waals surface area (Å²) in [6, 6.07) is 6.65. The monoisotopic (exact) mass is 324 g/mol. The van der Waals surface area contributed by atoms with E-state index >= 15 is 0 Å². The molecule has 0 aliphatic carbocycles. The van der Waals surface area contributed by atoms with Crippen LogP contribution in [0.3, 0.4) is 0 Å². The van der Waals surface area contributed by atoms with Gasteiger partial charge in [0.15, 0.2) is 0 Å². The van der Waals surface area contributed by atoms with Crippen LogP contribution in [0.1, 0.15) is 43.9 Å². The topological polar surface area (TPSA) is 27.1 Å². The van der Waals surface area contributed by atoms with Crippen LogP contribution in [0, 0.1) is 0 Å². The van der Waals surface area contributed by atoms with Crippen molar-refractivity contribution in [2.75, 3.05) is 18.1 Å². The minimum Gasteiger partial charge on any atom is -0.492 e. The Bertz CT molecular complexity index is 620. The highest BCUT2D eigenvalue weighted by atomic mass is 35.5. The van der Waals surface area contributed by atoms with Crippen LogP contribution in [0.15, 0.2) is 18.2 Å². The van der Waals surface area contributed by atoms with E-state index in [2.05, 4.69) is 10.6 Å². The normalized spacial score (nSPS) is 20.6. The summed E-state index contributed by atoms with van der Waals surface area (Å²) >= 11 is 8.42. The lowest BCUT2D eigenvalue weighted by atomic mass is 10.1. The summed E-state index contributed by atoms with van der Waals surface area (Å²) in [5, 5.41) is -0.0983. The largest absolute Gasteiger partial charge is 0.492 e. The molecule has 3 rings (SSSR count). The molecule has 0 spiro atoms. The molecule has 0 amide bonds. The third-order valence-electron chi connectivity index (χ3n) is 3.87. The van der Waals surface area contributed by atoms with Crippen molar-refractivity contribution in [2.45, 2.75) is 38.1 Å². The van der Waals surface area contributed by atoms with E-state index < -0.39 is 0 Å². The summed E-state index contributed by atoms with van der Waals surface area (Å²) in [6.07, 6.45) is 2.46. The van der Waals surface area contributed by atoms with E-state index in [9.17, 15) is 0 Å². The van der Waals surface area contributed by atoms with E-state index in [1.54, 1.807) is 0 Å². The number of hydrogen-bond donors (Lipinski definition) is 0. The van der Waals surface area contributed by atoms with Gasteiger partial charge in [0.1, 0.15) is 17.1 Å². The number of ether oxygens (including phenoxy) is 1. The number of fused-ring (bicyclic) bond motifs is 1. The Morgan fingerprint density at radius 3 is 3.05 bits per heavy atom. The number of aromatic nitrogens is 2. The van der Waals surface area contributed by atoms with Crippen LogP contribution in [0.4, 0.5) is 0 Å². The molecular formula is C16H21ClN2OS. The summed E-state index contributed by atoms with van der Waals surface area (Å²) < 4.78 is 8.08. The Hall–Kier alpha value is -0.870. The molecule has 1 aromatic carbocycles. The molecule has 5 heteroatoms. The van der Waals surface area contributed by atoms with E-state index in [4.69, 9.17) is 21.3 Å². The summed E-state index contributed by atoms with van der Waals surface area (Å²) in [5.74, 6) is 4.22. The molecule has 0 bridgehead atoms. The van der Waals surface area contributed by atoms with Crippen LogP contribution in [0.2, 0.25) is 0 Å². The molecule has 0 N–H and O–H groups in total. The van der Waals surface area contributed by atoms with E-state index in [-0.39, 0.29) is 5.38 Å². The van der Waals surface area contributed by atoms with E-state index in [0.717, 1.165) is 28.4 Å². The van der Waals surface area contributed by atoms with Crippen molar-refractivity contribution >= 4 is 34.4 Å². The van der Waals surface area contributed by atoms with E-state index in [1.165, 1.54) is 18.6 Å². The Labute approximate surface area is 135 Å². The molecule has 0 saturated carbocycles. The first kappa shape index (κ1) is 15.0. The number of benzene rings is 1. The molecule has 2 atom stereocenters. The Kier molecular flexibility index (Phi) is 4.65. The summed E-state index contributed by atoms with van der Waals surface area (Å²) in [6.45, 7) is 4.64. The minimum absolute atomic E-state index is 0.0983. The van der Waals surface area contributed by atoms with Crippen LogP contribution in [-0.4, -0.2) is 27.7 Å². The Morgan fingerprint density at radius 1 is 1.52 bits per heavy atom. The highest BCUT2D eigenvalue weighted by Crippen LogP contribution is 2.36. The van der Waals surface area contributed by atoms with Gasteiger partial charge in [0.2, 0.25) is 0 Å². The van der Waals surface area contributed by atoms with Gasteiger partial charge in [0.25, 0.3) is 0 Å². The van der Waals surface area contributed by atoms with Crippen molar-refractivity contribution in [1.82, 2.24) is 9.55 Å². The number of hydrogen-bond acceptors (Lipinski definition) is 3. The van der Waals surface area contributed by atoms with Crippen molar-refractivity contribution in [1.29, 1.82) is 0 Å². The quantitative estimate of drug-likeness (QED) is 0.756. The molecule has 1 aliphatic heterocycles. The van der Waals surface area contributed by atoms with Gasteiger partial charge in [-0.3, -0.25) is 0 Å². The van der Waals surface area contributed by atoms with Gasteiger partial charge in [-0.2, -0.15) is 11.8 Å². The van der Waals surface area contributed by atoms with Gasteiger partial charge in [0, 0.05) is 11.8 Å². The number of rotatable bonds is 4. The standard InChI is InChI=1S/C16H21ClN2OS/c1-3-20-14-8-4-7-13-15(14)18-16(11(2)17)19(13)12-6-5-9-21-10-12/h4,7-8,11-12H,3,5-6,9-10H2,1-2H3. The molecule has 0 radical (unpaired) electrons. The number of halogens is 1. The second kappa shape index (κ2) is 6.49. The lowest BCUT2D eigenvalue weighted by Crippen LogP contribution is -2.18. The zero-order chi connectivity index (χ0) is 14.8. The fourth-order valence-corrected chi connectivity index (χ4v) is 4.25. The van der Waals surface area contributed by atoms with E-state index in [1.807, 2.05) is 37.7 Å². The Morgan fingerprint density at radius 2 is 2.38 bits per heavy atom. The average molecular weight is 325 g/mol. The second-order valence-electron chi connectivity index (χ2n) is 5.38. The first-order valence-corrected chi connectivity index (χ1v) is 9.17. The van der Waals surface area contributed by atoms with Gasteiger partial charge in [-0.1, -0.05) is 6.07 Å². The highest BCUT2D eigenvalue weighted by molar-refractivity contribution is 7.99. The van der Waals surface area contributed by atoms with Gasteiger partial charge in [0.05, 0.1) is 17.5 Å². The molecular weight excluding hydrogens is 304 g/mol. The number of thioether (sulfide) groups is 1. The maximum absolute atomic E-state index is 6.40. The van der Waals surface area contributed by atoms with Crippen molar-refractivity contribution in [3.63, 3.8) is 0 Å². The molecule has 1 saturated heterocycles. The number of para-hydroxylation sites is 1. The van der Waals surface area contributed by atoms with Crippen molar-refractivity contribution in [3.05, 3.63) is 24.0 Å². The molecule has 1 fully saturated rings. The first-order valence-electron chi connectivity index (χ1n) is 7.57. The molecule has 2 aromatic rings. The van der Waals surface area contributed by atoms with Gasteiger partial charge >= 0.3 is 0 Å². The summed E-state index contributed by atoms with van der Waals surface area (Å²) in [7, 11) is 0. The average Bonchev–Trinajstić information content (AvgIpc) is 2.89. The van der Waals surface area contributed by atoms with Gasteiger partial charge in [-0.05, 0) is 44.6 Å². The molecule has 2 unspecified atom stereocenters. The van der Waals surface area contributed by atoms with E-state index in [0.29, 0.717) is 12.6 Å². The maximum Gasteiger partial charge on any atom is 0.147 e. The second-order valence-corrected chi connectivity index (χ2v) is 7.19. The van der Waals surface area contributed by atoms with Crippen molar-refractivity contribution in [3.8, 4) is 5.75 Å². The zero-order valence-corrected chi connectivity index (χ0v) is 14.1. The molecule has 2 heterocycles. The molecule has 21 heavy (non-hydrogen) atoms. The highest BCUT2D eigenvalue weighted by Gasteiger charge is 2.24. The molecule has 3 nitrogen and oxygen atoms in total. The van der Waals surface area contributed by atoms with Gasteiger partial charge in [-0.25, -0.2) is 4.98 Å². The summed E-state index contributed by atoms with van der Waals surface area (Å²) in [4.78, 5) is 4.80. The minimum atomic E-state index is -0.0983. The van der Waals surface area contributed by atoms with Crippen LogP contribution < -0.4 is 4.74 Å². The van der Waals surface area contributed by atoms with Crippen molar-refractivity contribution in [2.24, 2.45) is 0 Å². The fourth-order valence-electron chi connectivity index (χ4n) is 2.97. The van der Waals surface area contributed by atoms with Crippen LogP contribution >= 0.6 is 23.4 Å². The number of imidazole rings is 1. The fraction of sp³-hybridized carbons (Fsp3) is 0.562. The predicted octanol–water partition coefficient (Wildman–Crippen LogP) is 4.80. The Balaban J connectivity index is 2.15. The smallest absolute Gasteiger partial charge is 0.147 e. The first-order chi connectivity index (χ1) is 10.2. The third kappa shape index (κ3) is 2.88. The van der Waals surface area contributed by atoms with Crippen LogP contribution in [0.25, 0.3) is 11.0 Å². The lowest BCUT2D eigenvalue weighted by molar-refractivity contribution is 0.343. The third-order valence-corrected chi connectivity index (χ3v) is 5.26. The number of nitrogens with zero attached hydrogens (tertiary/aromatic N) is 2. The SMILES string of the molecule is CCOc1cccc2c1nc(C(C)Cl)n2C1CCCSC1. The van der Waals surface area contributed by atoms with Crippen LogP contribution in [0.5, 0.6) is 5.75 Å². The maximum atomic E-state index is 6.40. The zero-order valence-electron chi connectivity index (χ0n) is 12.5. The molecule has 1 aliphatic rings. The number of alkyl halides is 1. The molecule has 114 valence electrons. The predicted molar refractivity (Wildman–Crippen MR) is 90.8 cm³/mol. The summed E-state index contributed by atoms with van der Waals surface area (Å²) in [5.41, 5.74) is 2.09. The van der Waals surface area contributed by atoms with Gasteiger partial charge in [-0.15, -0.1) is 11.6 Å². The molecule has 1 aromatic heterocycles. The lowest BCUT2D eigenvalue weighted by Gasteiger charge is -2.25. The van der Waals surface area contributed by atoms with Crippen molar-refractivity contribution < 1.29 is 4.74 Å². The van der Waals surface area contributed by atoms with Gasteiger partial charge < -0.3 is 9.30 Å². The van der Waals surface area contributed by atoms with Crippen LogP contribution in [-0.2, 0) is 0 Å².